The Bertz CT molecular complexity index is 972. The molecule has 0 N–H and O–H groups in total. The number of nitrogens with zero attached hydrogens (tertiary/aromatic N) is 3. The van der Waals surface area contributed by atoms with Crippen molar-refractivity contribution < 1.29 is 4.79 Å². The van der Waals surface area contributed by atoms with Crippen molar-refractivity contribution in [1.82, 2.24) is 13.6 Å². The van der Waals surface area contributed by atoms with Gasteiger partial charge in [0.1, 0.15) is 11.0 Å². The molecule has 0 atom stereocenters. The minimum atomic E-state index is -0.0271. The van der Waals surface area contributed by atoms with Crippen molar-refractivity contribution in [3.05, 3.63) is 59.0 Å². The highest BCUT2D eigenvalue weighted by atomic mass is 32.1. The summed E-state index contributed by atoms with van der Waals surface area (Å²) in [6.45, 7) is 0.589. The molecule has 0 aliphatic rings. The van der Waals surface area contributed by atoms with Crippen LogP contribution in [0.15, 0.2) is 48.5 Å². The summed E-state index contributed by atoms with van der Waals surface area (Å²) in [6, 6.07) is 16.0. The molecule has 0 spiro atoms. The maximum atomic E-state index is 12.7. The third-order valence-corrected chi connectivity index (χ3v) is 5.38. The third-order valence-electron chi connectivity index (χ3n) is 3.73. The Labute approximate surface area is 141 Å². The zero-order valence-corrected chi connectivity index (χ0v) is 14.0. The van der Waals surface area contributed by atoms with Gasteiger partial charge in [0.2, 0.25) is 0 Å². The molecule has 114 valence electrons. The summed E-state index contributed by atoms with van der Waals surface area (Å²) >= 11 is 2.86. The largest absolute Gasteiger partial charge is 0.336 e. The lowest BCUT2D eigenvalue weighted by Gasteiger charge is -2.16. The summed E-state index contributed by atoms with van der Waals surface area (Å²) in [5, 5.41) is 1.22. The maximum absolute atomic E-state index is 12.7. The van der Waals surface area contributed by atoms with Gasteiger partial charge in [-0.15, -0.1) is 11.3 Å². The SMILES string of the molecule is CN(Cc1cc2ccccc2s1)C(=O)c1cccc2nsnc12. The van der Waals surface area contributed by atoms with Crippen molar-refractivity contribution in [1.29, 1.82) is 0 Å². The number of carbonyl (C=O) groups is 1. The van der Waals surface area contributed by atoms with Crippen LogP contribution in [0.1, 0.15) is 15.2 Å². The molecular formula is C17H13N3OS2. The number of hydrogen-bond donors (Lipinski definition) is 0. The van der Waals surface area contributed by atoms with Gasteiger partial charge in [-0.1, -0.05) is 24.3 Å². The molecule has 0 unspecified atom stereocenters. The molecule has 0 saturated carbocycles. The Morgan fingerprint density at radius 3 is 2.87 bits per heavy atom. The van der Waals surface area contributed by atoms with Crippen LogP contribution in [0.5, 0.6) is 0 Å². The molecule has 1 amide bonds. The molecule has 2 aromatic carbocycles. The Kier molecular flexibility index (Phi) is 3.55. The van der Waals surface area contributed by atoms with Crippen LogP contribution in [-0.4, -0.2) is 26.6 Å². The second kappa shape index (κ2) is 5.72. The quantitative estimate of drug-likeness (QED) is 0.562. The molecule has 0 aliphatic heterocycles. The van der Waals surface area contributed by atoms with Crippen LogP contribution < -0.4 is 0 Å². The van der Waals surface area contributed by atoms with Crippen molar-refractivity contribution in [3.8, 4) is 0 Å². The first kappa shape index (κ1) is 14.3. The molecule has 0 saturated heterocycles. The monoisotopic (exact) mass is 339 g/mol. The molecular weight excluding hydrogens is 326 g/mol. The fourth-order valence-electron chi connectivity index (χ4n) is 2.60. The zero-order valence-electron chi connectivity index (χ0n) is 12.4. The van der Waals surface area contributed by atoms with E-state index in [0.29, 0.717) is 17.6 Å². The molecule has 0 bridgehead atoms. The van der Waals surface area contributed by atoms with Crippen LogP contribution in [0.3, 0.4) is 0 Å². The fraction of sp³-hybridized carbons (Fsp3) is 0.118. The van der Waals surface area contributed by atoms with Crippen LogP contribution in [-0.2, 0) is 6.54 Å². The number of rotatable bonds is 3. The standard InChI is InChI=1S/C17H13N3OS2/c1-20(10-12-9-11-5-2-3-8-15(11)22-12)17(21)13-6-4-7-14-16(13)19-23-18-14/h2-9H,10H2,1H3. The van der Waals surface area contributed by atoms with E-state index in [2.05, 4.69) is 26.9 Å². The Hall–Kier alpha value is -2.31. The number of thiophene rings is 1. The van der Waals surface area contributed by atoms with E-state index >= 15 is 0 Å². The summed E-state index contributed by atoms with van der Waals surface area (Å²) < 4.78 is 9.69. The van der Waals surface area contributed by atoms with Gasteiger partial charge in [0.25, 0.3) is 5.91 Å². The van der Waals surface area contributed by atoms with Crippen LogP contribution in [0.2, 0.25) is 0 Å². The molecule has 6 heteroatoms. The second-order valence-electron chi connectivity index (χ2n) is 5.35. The third kappa shape index (κ3) is 2.60. The molecule has 2 aromatic heterocycles. The predicted octanol–water partition coefficient (Wildman–Crippen LogP) is 4.18. The summed E-state index contributed by atoms with van der Waals surface area (Å²) in [5.41, 5.74) is 2.07. The highest BCUT2D eigenvalue weighted by Crippen LogP contribution is 2.26. The normalized spacial score (nSPS) is 11.2. The Morgan fingerprint density at radius 2 is 2.00 bits per heavy atom. The van der Waals surface area contributed by atoms with Crippen molar-refractivity contribution in [2.24, 2.45) is 0 Å². The molecule has 0 aliphatic carbocycles. The Balaban J connectivity index is 1.62. The fourth-order valence-corrected chi connectivity index (χ4v) is 4.27. The van der Waals surface area contributed by atoms with Gasteiger partial charge in [-0.05, 0) is 29.7 Å². The van der Waals surface area contributed by atoms with Crippen LogP contribution in [0.4, 0.5) is 0 Å². The lowest BCUT2D eigenvalue weighted by molar-refractivity contribution is 0.0788. The number of benzene rings is 2. The van der Waals surface area contributed by atoms with Gasteiger partial charge >= 0.3 is 0 Å². The number of aromatic nitrogens is 2. The molecule has 4 aromatic rings. The number of amides is 1. The van der Waals surface area contributed by atoms with Gasteiger partial charge in [-0.2, -0.15) is 8.75 Å². The second-order valence-corrected chi connectivity index (χ2v) is 7.05. The van der Waals surface area contributed by atoms with Crippen molar-refractivity contribution in [3.63, 3.8) is 0 Å². The van der Waals surface area contributed by atoms with Crippen molar-refractivity contribution in [2.45, 2.75) is 6.54 Å². The molecule has 4 nitrogen and oxygen atoms in total. The zero-order chi connectivity index (χ0) is 15.8. The van der Waals surface area contributed by atoms with E-state index < -0.39 is 0 Å². The van der Waals surface area contributed by atoms with E-state index in [1.807, 2.05) is 37.4 Å². The number of hydrogen-bond acceptors (Lipinski definition) is 5. The highest BCUT2D eigenvalue weighted by molar-refractivity contribution is 7.19. The average molecular weight is 339 g/mol. The smallest absolute Gasteiger partial charge is 0.256 e. The lowest BCUT2D eigenvalue weighted by atomic mass is 10.1. The van der Waals surface area contributed by atoms with Crippen LogP contribution >= 0.6 is 23.1 Å². The number of carbonyl (C=O) groups excluding carboxylic acids is 1. The lowest BCUT2D eigenvalue weighted by Crippen LogP contribution is -2.26. The topological polar surface area (TPSA) is 46.1 Å². The van der Waals surface area contributed by atoms with Gasteiger partial charge in [0, 0.05) is 16.6 Å². The molecule has 2 heterocycles. The summed E-state index contributed by atoms with van der Waals surface area (Å²) in [4.78, 5) is 15.7. The van der Waals surface area contributed by atoms with E-state index in [0.717, 1.165) is 17.2 Å². The van der Waals surface area contributed by atoms with E-state index in [1.165, 1.54) is 15.0 Å². The van der Waals surface area contributed by atoms with Crippen molar-refractivity contribution >= 4 is 50.1 Å². The van der Waals surface area contributed by atoms with Crippen LogP contribution in [0, 0.1) is 0 Å². The van der Waals surface area contributed by atoms with Gasteiger partial charge in [-0.3, -0.25) is 4.79 Å². The van der Waals surface area contributed by atoms with Crippen molar-refractivity contribution in [2.75, 3.05) is 7.05 Å². The number of fused-ring (bicyclic) bond motifs is 2. The first-order valence-electron chi connectivity index (χ1n) is 7.16. The molecule has 4 rings (SSSR count). The maximum Gasteiger partial charge on any atom is 0.256 e. The summed E-state index contributed by atoms with van der Waals surface area (Å²) in [7, 11) is 1.82. The molecule has 0 fully saturated rings. The van der Waals surface area contributed by atoms with E-state index in [9.17, 15) is 4.79 Å². The Morgan fingerprint density at radius 1 is 1.13 bits per heavy atom. The average Bonchev–Trinajstić information content (AvgIpc) is 3.19. The van der Waals surface area contributed by atoms with E-state index in [-0.39, 0.29) is 5.91 Å². The highest BCUT2D eigenvalue weighted by Gasteiger charge is 2.17. The predicted molar refractivity (Wildman–Crippen MR) is 95.0 cm³/mol. The molecule has 23 heavy (non-hydrogen) atoms. The molecule has 0 radical (unpaired) electrons. The minimum absolute atomic E-state index is 0.0271. The summed E-state index contributed by atoms with van der Waals surface area (Å²) in [6.07, 6.45) is 0. The van der Waals surface area contributed by atoms with Gasteiger partial charge in [0.05, 0.1) is 23.8 Å². The van der Waals surface area contributed by atoms with Gasteiger partial charge in [0.15, 0.2) is 0 Å². The van der Waals surface area contributed by atoms with Gasteiger partial charge in [-0.25, -0.2) is 0 Å². The summed E-state index contributed by atoms with van der Waals surface area (Å²) in [5.74, 6) is -0.0271. The van der Waals surface area contributed by atoms with E-state index in [1.54, 1.807) is 16.2 Å². The van der Waals surface area contributed by atoms with E-state index in [4.69, 9.17) is 0 Å². The first-order chi connectivity index (χ1) is 11.2. The van der Waals surface area contributed by atoms with Crippen LogP contribution in [0.25, 0.3) is 21.1 Å². The first-order valence-corrected chi connectivity index (χ1v) is 8.71. The minimum Gasteiger partial charge on any atom is -0.336 e. The van der Waals surface area contributed by atoms with Gasteiger partial charge < -0.3 is 4.90 Å².